The van der Waals surface area contributed by atoms with Crippen LogP contribution in [-0.4, -0.2) is 22.9 Å². The summed E-state index contributed by atoms with van der Waals surface area (Å²) in [6, 6.07) is 11.8. The molecule has 0 aliphatic carbocycles. The van der Waals surface area contributed by atoms with Crippen LogP contribution >= 0.6 is 12.1 Å². The first-order valence-electron chi connectivity index (χ1n) is 10.5. The largest absolute Gasteiger partial charge is 0.463 e. The van der Waals surface area contributed by atoms with Crippen molar-refractivity contribution in [1.82, 2.24) is 20.4 Å². The molecule has 168 valence electrons. The van der Waals surface area contributed by atoms with Crippen LogP contribution in [0.5, 0.6) is 0 Å². The molecule has 0 bridgehead atoms. The Morgan fingerprint density at radius 2 is 1.88 bits per heavy atom. The normalized spacial score (nSPS) is 11.4. The van der Waals surface area contributed by atoms with Crippen molar-refractivity contribution >= 4 is 29.2 Å². The Hall–Kier alpha value is -3.19. The predicted molar refractivity (Wildman–Crippen MR) is 131 cm³/mol. The van der Waals surface area contributed by atoms with Crippen molar-refractivity contribution in [2.24, 2.45) is 0 Å². The predicted octanol–water partition coefficient (Wildman–Crippen LogP) is 6.21. The Kier molecular flexibility index (Phi) is 8.39. The number of furan rings is 1. The number of nitrogens with zero attached hydrogens (tertiary/aromatic N) is 2. The van der Waals surface area contributed by atoms with Gasteiger partial charge in [-0.3, -0.25) is 0 Å². The molecule has 0 amide bonds. The Labute approximate surface area is 193 Å². The first kappa shape index (κ1) is 23.5. The van der Waals surface area contributed by atoms with Gasteiger partial charge in [0.2, 0.25) is 0 Å². The van der Waals surface area contributed by atoms with Gasteiger partial charge in [-0.1, -0.05) is 37.4 Å². The third-order valence-electron chi connectivity index (χ3n) is 5.14. The number of aryl methyl sites for hydroxylation is 1. The fraction of sp³-hybridized carbons (Fsp3) is 0.240. The van der Waals surface area contributed by atoms with Crippen molar-refractivity contribution in [2.75, 3.05) is 13.1 Å². The zero-order valence-electron chi connectivity index (χ0n) is 18.5. The van der Waals surface area contributed by atoms with E-state index in [-0.39, 0.29) is 12.1 Å². The molecule has 0 fully saturated rings. The molecule has 0 spiro atoms. The Bertz CT molecular complexity index is 1090. The fourth-order valence-corrected chi connectivity index (χ4v) is 3.60. The zero-order chi connectivity index (χ0) is 22.9. The van der Waals surface area contributed by atoms with E-state index in [1.165, 1.54) is 6.20 Å². The summed E-state index contributed by atoms with van der Waals surface area (Å²) >= 11 is 0.203. The number of benzene rings is 1. The molecule has 5 nitrogen and oxygen atoms in total. The smallest absolute Gasteiger partial charge is 0.149 e. The third kappa shape index (κ3) is 5.95. The minimum Gasteiger partial charge on any atom is -0.463 e. The topological polar surface area (TPSA) is 55.0 Å². The Balaban J connectivity index is 1.62. The number of rotatable bonds is 12. The van der Waals surface area contributed by atoms with Crippen molar-refractivity contribution in [1.29, 1.82) is 0 Å². The lowest BCUT2D eigenvalue weighted by atomic mass is 10.0. The number of hydrogen-bond donors (Lipinski definition) is 2. The Morgan fingerprint density at radius 1 is 1.12 bits per heavy atom. The highest BCUT2D eigenvalue weighted by Crippen LogP contribution is 2.25. The van der Waals surface area contributed by atoms with E-state index in [0.717, 1.165) is 65.6 Å². The summed E-state index contributed by atoms with van der Waals surface area (Å²) in [5.41, 5.74) is 4.60. The van der Waals surface area contributed by atoms with Crippen LogP contribution in [0, 0.1) is 13.8 Å². The van der Waals surface area contributed by atoms with Gasteiger partial charge in [-0.05, 0) is 61.6 Å². The van der Waals surface area contributed by atoms with Crippen LogP contribution in [0.4, 0.5) is 3.89 Å². The zero-order valence-corrected chi connectivity index (χ0v) is 19.3. The SMILES string of the molecule is C=C(NCCCCN/C(=C/C(=C)c1ccccc1C)n1ncc(SF)c1C)c1ccco1. The summed E-state index contributed by atoms with van der Waals surface area (Å²) in [7, 11) is 0. The van der Waals surface area contributed by atoms with Gasteiger partial charge in [0, 0.05) is 13.1 Å². The number of hydrogen-bond acceptors (Lipinski definition) is 5. The highest BCUT2D eigenvalue weighted by molar-refractivity contribution is 7.94. The van der Waals surface area contributed by atoms with Gasteiger partial charge in [0.05, 0.1) is 40.9 Å². The number of aromatic nitrogens is 2. The second-order valence-corrected chi connectivity index (χ2v) is 8.06. The minimum atomic E-state index is 0.203. The van der Waals surface area contributed by atoms with Crippen molar-refractivity contribution in [2.45, 2.75) is 31.6 Å². The number of halogens is 1. The molecule has 0 saturated heterocycles. The summed E-state index contributed by atoms with van der Waals surface area (Å²) < 4.78 is 20.2. The molecule has 3 aromatic rings. The molecule has 0 unspecified atom stereocenters. The maximum absolute atomic E-state index is 13.2. The lowest BCUT2D eigenvalue weighted by molar-refractivity contribution is 0.545. The van der Waals surface area contributed by atoms with Crippen LogP contribution < -0.4 is 10.6 Å². The van der Waals surface area contributed by atoms with Crippen LogP contribution in [0.25, 0.3) is 17.1 Å². The lowest BCUT2D eigenvalue weighted by Gasteiger charge is -2.15. The van der Waals surface area contributed by atoms with Gasteiger partial charge in [-0.2, -0.15) is 8.98 Å². The molecule has 0 saturated carbocycles. The van der Waals surface area contributed by atoms with Crippen LogP contribution in [0.1, 0.15) is 35.4 Å². The van der Waals surface area contributed by atoms with Crippen molar-refractivity contribution in [3.63, 3.8) is 0 Å². The van der Waals surface area contributed by atoms with Gasteiger partial charge in [-0.15, -0.1) is 0 Å². The summed E-state index contributed by atoms with van der Waals surface area (Å²) in [6.45, 7) is 13.7. The standard InChI is InChI=1S/C25H29FN4OS/c1-18-10-5-6-11-22(18)19(2)16-25(30-21(4)24(32-26)17-29-30)28-14-8-7-13-27-20(3)23-12-9-15-31-23/h5-6,9-12,15-17,27-28H,2-3,7-8,13-14H2,1,4H3/b25-16-. The van der Waals surface area contributed by atoms with Crippen LogP contribution in [0.2, 0.25) is 0 Å². The highest BCUT2D eigenvalue weighted by Gasteiger charge is 2.12. The molecule has 3 rings (SSSR count). The molecular formula is C25H29FN4OS. The fourth-order valence-electron chi connectivity index (χ4n) is 3.32. The first-order valence-corrected chi connectivity index (χ1v) is 11.2. The van der Waals surface area contributed by atoms with Crippen LogP contribution in [0.3, 0.4) is 0 Å². The maximum atomic E-state index is 13.2. The first-order chi connectivity index (χ1) is 15.5. The summed E-state index contributed by atoms with van der Waals surface area (Å²) in [4.78, 5) is 0.500. The lowest BCUT2D eigenvalue weighted by Crippen LogP contribution is -2.21. The third-order valence-corrected chi connectivity index (χ3v) is 5.71. The molecule has 1 aromatic carbocycles. The van der Waals surface area contributed by atoms with E-state index in [0.29, 0.717) is 4.90 Å². The van der Waals surface area contributed by atoms with Gasteiger partial charge in [0.1, 0.15) is 11.6 Å². The van der Waals surface area contributed by atoms with Crippen molar-refractivity contribution in [3.8, 4) is 0 Å². The van der Waals surface area contributed by atoms with Crippen molar-refractivity contribution in [3.05, 3.63) is 90.7 Å². The molecule has 2 aromatic heterocycles. The van der Waals surface area contributed by atoms with E-state index in [9.17, 15) is 3.89 Å². The van der Waals surface area contributed by atoms with Gasteiger partial charge in [-0.25, -0.2) is 4.68 Å². The molecular weight excluding hydrogens is 423 g/mol. The van der Waals surface area contributed by atoms with Gasteiger partial charge in [0.15, 0.2) is 0 Å². The maximum Gasteiger partial charge on any atom is 0.149 e. The van der Waals surface area contributed by atoms with E-state index in [1.807, 2.05) is 43.3 Å². The Morgan fingerprint density at radius 3 is 2.53 bits per heavy atom. The molecule has 0 atom stereocenters. The molecule has 0 aliphatic rings. The van der Waals surface area contributed by atoms with Gasteiger partial charge >= 0.3 is 0 Å². The van der Waals surface area contributed by atoms with Gasteiger partial charge < -0.3 is 15.1 Å². The molecule has 2 heterocycles. The quantitative estimate of drug-likeness (QED) is 0.253. The minimum absolute atomic E-state index is 0.203. The molecule has 0 aliphatic heterocycles. The number of allylic oxidation sites excluding steroid dienone is 2. The second-order valence-electron chi connectivity index (χ2n) is 7.47. The number of unbranched alkanes of at least 4 members (excludes halogenated alkanes) is 1. The van der Waals surface area contributed by atoms with E-state index >= 15 is 0 Å². The van der Waals surface area contributed by atoms with E-state index in [4.69, 9.17) is 4.42 Å². The molecule has 2 N–H and O–H groups in total. The molecule has 32 heavy (non-hydrogen) atoms. The van der Waals surface area contributed by atoms with Crippen molar-refractivity contribution < 1.29 is 8.30 Å². The highest BCUT2D eigenvalue weighted by atomic mass is 32.2. The number of nitrogens with one attached hydrogen (secondary N) is 2. The summed E-state index contributed by atoms with van der Waals surface area (Å²) in [5.74, 6) is 1.52. The van der Waals surface area contributed by atoms with E-state index < -0.39 is 0 Å². The van der Waals surface area contributed by atoms with E-state index in [2.05, 4.69) is 41.9 Å². The average molecular weight is 453 g/mol. The second kappa shape index (κ2) is 11.4. The molecule has 0 radical (unpaired) electrons. The summed E-state index contributed by atoms with van der Waals surface area (Å²) in [6.07, 6.45) is 7.01. The van der Waals surface area contributed by atoms with E-state index in [1.54, 1.807) is 10.9 Å². The van der Waals surface area contributed by atoms with Gasteiger partial charge in [0.25, 0.3) is 0 Å². The summed E-state index contributed by atoms with van der Waals surface area (Å²) in [5, 5.41) is 11.1. The van der Waals surface area contributed by atoms with Crippen LogP contribution in [-0.2, 0) is 0 Å². The monoisotopic (exact) mass is 452 g/mol. The average Bonchev–Trinajstić information content (AvgIpc) is 3.45. The van der Waals surface area contributed by atoms with Crippen LogP contribution in [0.15, 0.2) is 77.4 Å². The molecule has 7 heteroatoms.